The highest BCUT2D eigenvalue weighted by Crippen LogP contribution is 2.29. The van der Waals surface area contributed by atoms with Gasteiger partial charge in [0, 0.05) is 17.6 Å². The summed E-state index contributed by atoms with van der Waals surface area (Å²) in [7, 11) is 0. The SMILES string of the molecule is CC(C)N(C(=O)c1ccc(C(F)(F)F)cc1)C(C)C. The zero-order valence-electron chi connectivity index (χ0n) is 11.5. The summed E-state index contributed by atoms with van der Waals surface area (Å²) in [5.74, 6) is -0.251. The molecule has 0 N–H and O–H groups in total. The zero-order chi connectivity index (χ0) is 14.8. The van der Waals surface area contributed by atoms with Crippen LogP contribution in [0.2, 0.25) is 0 Å². The quantitative estimate of drug-likeness (QED) is 0.816. The molecule has 0 atom stereocenters. The van der Waals surface area contributed by atoms with Gasteiger partial charge in [0.25, 0.3) is 5.91 Å². The van der Waals surface area contributed by atoms with Crippen molar-refractivity contribution in [3.05, 3.63) is 35.4 Å². The number of benzene rings is 1. The summed E-state index contributed by atoms with van der Waals surface area (Å²) in [4.78, 5) is 13.9. The molecule has 1 aromatic rings. The Labute approximate surface area is 111 Å². The van der Waals surface area contributed by atoms with Crippen molar-refractivity contribution in [3.8, 4) is 0 Å². The highest BCUT2D eigenvalue weighted by molar-refractivity contribution is 5.94. The Morgan fingerprint density at radius 1 is 1.00 bits per heavy atom. The van der Waals surface area contributed by atoms with Crippen LogP contribution < -0.4 is 0 Å². The Morgan fingerprint density at radius 2 is 1.42 bits per heavy atom. The van der Waals surface area contributed by atoms with Crippen molar-refractivity contribution < 1.29 is 18.0 Å². The standard InChI is InChI=1S/C14H18F3NO/c1-9(2)18(10(3)4)13(19)11-5-7-12(8-6-11)14(15,16)17/h5-10H,1-4H3. The van der Waals surface area contributed by atoms with Crippen LogP contribution in [0, 0.1) is 0 Å². The van der Waals surface area contributed by atoms with Gasteiger partial charge in [0.1, 0.15) is 0 Å². The molecule has 0 heterocycles. The molecule has 0 aliphatic carbocycles. The Kier molecular flexibility index (Phi) is 4.61. The van der Waals surface area contributed by atoms with Gasteiger partial charge >= 0.3 is 6.18 Å². The van der Waals surface area contributed by atoms with Crippen LogP contribution in [-0.2, 0) is 6.18 Å². The van der Waals surface area contributed by atoms with Gasteiger partial charge in [-0.2, -0.15) is 13.2 Å². The molecule has 0 aliphatic rings. The van der Waals surface area contributed by atoms with Gasteiger partial charge in [-0.15, -0.1) is 0 Å². The molecule has 0 saturated heterocycles. The molecule has 0 bridgehead atoms. The first-order valence-corrected chi connectivity index (χ1v) is 6.14. The average molecular weight is 273 g/mol. The molecule has 0 radical (unpaired) electrons. The summed E-state index contributed by atoms with van der Waals surface area (Å²) in [5.41, 5.74) is -0.472. The van der Waals surface area contributed by atoms with E-state index in [1.54, 1.807) is 4.90 Å². The molecule has 19 heavy (non-hydrogen) atoms. The van der Waals surface area contributed by atoms with Crippen molar-refractivity contribution >= 4 is 5.91 Å². The number of halogens is 3. The van der Waals surface area contributed by atoms with Crippen LogP contribution in [0.4, 0.5) is 13.2 Å². The minimum atomic E-state index is -4.38. The van der Waals surface area contributed by atoms with Crippen molar-refractivity contribution in [2.24, 2.45) is 0 Å². The maximum atomic E-state index is 12.4. The van der Waals surface area contributed by atoms with E-state index in [9.17, 15) is 18.0 Å². The molecule has 106 valence electrons. The number of rotatable bonds is 3. The van der Waals surface area contributed by atoms with E-state index in [2.05, 4.69) is 0 Å². The molecule has 0 aromatic heterocycles. The topological polar surface area (TPSA) is 20.3 Å². The first kappa shape index (κ1) is 15.5. The predicted octanol–water partition coefficient (Wildman–Crippen LogP) is 3.96. The molecule has 0 saturated carbocycles. The zero-order valence-corrected chi connectivity index (χ0v) is 11.5. The van der Waals surface area contributed by atoms with Gasteiger partial charge in [-0.25, -0.2) is 0 Å². The van der Waals surface area contributed by atoms with Crippen molar-refractivity contribution in [2.45, 2.75) is 46.0 Å². The van der Waals surface area contributed by atoms with Gasteiger partial charge in [-0.05, 0) is 52.0 Å². The first-order valence-electron chi connectivity index (χ1n) is 6.14. The Morgan fingerprint density at radius 3 is 1.74 bits per heavy atom. The second-order valence-corrected chi connectivity index (χ2v) is 4.98. The van der Waals surface area contributed by atoms with Gasteiger partial charge in [0.05, 0.1) is 5.56 Å². The summed E-state index contributed by atoms with van der Waals surface area (Å²) in [6.07, 6.45) is -4.38. The monoisotopic (exact) mass is 273 g/mol. The maximum absolute atomic E-state index is 12.4. The molecule has 0 unspecified atom stereocenters. The molecule has 1 rings (SSSR count). The molecule has 0 fully saturated rings. The minimum absolute atomic E-state index is 0.00482. The summed E-state index contributed by atoms with van der Waals surface area (Å²) in [6, 6.07) is 4.31. The summed E-state index contributed by atoms with van der Waals surface area (Å²) in [6.45, 7) is 7.51. The second kappa shape index (κ2) is 5.63. The number of carbonyl (C=O) groups is 1. The number of amides is 1. The van der Waals surface area contributed by atoms with Crippen LogP contribution in [0.3, 0.4) is 0 Å². The third kappa shape index (κ3) is 3.72. The van der Waals surface area contributed by atoms with E-state index in [-0.39, 0.29) is 23.6 Å². The van der Waals surface area contributed by atoms with Crippen molar-refractivity contribution in [1.29, 1.82) is 0 Å². The number of carbonyl (C=O) groups excluding carboxylic acids is 1. The smallest absolute Gasteiger partial charge is 0.334 e. The lowest BCUT2D eigenvalue weighted by Gasteiger charge is -2.30. The van der Waals surface area contributed by atoms with Gasteiger partial charge in [-0.1, -0.05) is 0 Å². The normalized spacial score (nSPS) is 12.1. The number of alkyl halides is 3. The van der Waals surface area contributed by atoms with Crippen molar-refractivity contribution in [2.75, 3.05) is 0 Å². The highest BCUT2D eigenvalue weighted by Gasteiger charge is 2.30. The molecular formula is C14H18F3NO. The van der Waals surface area contributed by atoms with E-state index in [0.29, 0.717) is 0 Å². The number of hydrogen-bond donors (Lipinski definition) is 0. The molecular weight excluding hydrogens is 255 g/mol. The van der Waals surface area contributed by atoms with Crippen LogP contribution in [0.15, 0.2) is 24.3 Å². The Hall–Kier alpha value is -1.52. The lowest BCUT2D eigenvalue weighted by atomic mass is 10.1. The van der Waals surface area contributed by atoms with Gasteiger partial charge in [0.2, 0.25) is 0 Å². The first-order chi connectivity index (χ1) is 8.64. The molecule has 0 aliphatic heterocycles. The lowest BCUT2D eigenvalue weighted by molar-refractivity contribution is -0.137. The van der Waals surface area contributed by atoms with Gasteiger partial charge in [-0.3, -0.25) is 4.79 Å². The number of nitrogens with zero attached hydrogens (tertiary/aromatic N) is 1. The van der Waals surface area contributed by atoms with Gasteiger partial charge in [0.15, 0.2) is 0 Å². The minimum Gasteiger partial charge on any atom is -0.334 e. The predicted molar refractivity (Wildman–Crippen MR) is 67.9 cm³/mol. The third-order valence-corrected chi connectivity index (χ3v) is 2.81. The average Bonchev–Trinajstić information content (AvgIpc) is 2.27. The lowest BCUT2D eigenvalue weighted by Crippen LogP contribution is -2.42. The van der Waals surface area contributed by atoms with Crippen LogP contribution in [0.25, 0.3) is 0 Å². The molecule has 5 heteroatoms. The molecule has 1 amide bonds. The second-order valence-electron chi connectivity index (χ2n) is 4.98. The van der Waals surface area contributed by atoms with Crippen LogP contribution in [0.5, 0.6) is 0 Å². The Balaban J connectivity index is 3.01. The summed E-state index contributed by atoms with van der Waals surface area (Å²) < 4.78 is 37.3. The number of hydrogen-bond acceptors (Lipinski definition) is 1. The largest absolute Gasteiger partial charge is 0.416 e. The van der Waals surface area contributed by atoms with Crippen LogP contribution >= 0.6 is 0 Å². The van der Waals surface area contributed by atoms with Gasteiger partial charge < -0.3 is 4.90 Å². The fraction of sp³-hybridized carbons (Fsp3) is 0.500. The van der Waals surface area contributed by atoms with E-state index >= 15 is 0 Å². The summed E-state index contributed by atoms with van der Waals surface area (Å²) >= 11 is 0. The molecule has 1 aromatic carbocycles. The summed E-state index contributed by atoms with van der Waals surface area (Å²) in [5, 5.41) is 0. The van der Waals surface area contributed by atoms with Crippen molar-refractivity contribution in [3.63, 3.8) is 0 Å². The van der Waals surface area contributed by atoms with Crippen molar-refractivity contribution in [1.82, 2.24) is 4.90 Å². The van der Waals surface area contributed by atoms with E-state index in [1.165, 1.54) is 12.1 Å². The molecule has 0 spiro atoms. The fourth-order valence-corrected chi connectivity index (χ4v) is 2.02. The third-order valence-electron chi connectivity index (χ3n) is 2.81. The van der Waals surface area contributed by atoms with E-state index < -0.39 is 11.7 Å². The maximum Gasteiger partial charge on any atom is 0.416 e. The van der Waals surface area contributed by atoms with E-state index in [4.69, 9.17) is 0 Å². The molecule has 2 nitrogen and oxygen atoms in total. The Bertz CT molecular complexity index is 427. The van der Waals surface area contributed by atoms with Crippen LogP contribution in [-0.4, -0.2) is 22.9 Å². The fourth-order valence-electron chi connectivity index (χ4n) is 2.02. The van der Waals surface area contributed by atoms with Crippen LogP contribution in [0.1, 0.15) is 43.6 Å². The van der Waals surface area contributed by atoms with E-state index in [1.807, 2.05) is 27.7 Å². The van der Waals surface area contributed by atoms with E-state index in [0.717, 1.165) is 12.1 Å². The highest BCUT2D eigenvalue weighted by atomic mass is 19.4.